The Morgan fingerprint density at radius 2 is 1.82 bits per heavy atom. The zero-order chi connectivity index (χ0) is 19.9. The summed E-state index contributed by atoms with van der Waals surface area (Å²) in [6.07, 6.45) is 0. The lowest BCUT2D eigenvalue weighted by Gasteiger charge is -2.19. The van der Waals surface area contributed by atoms with Gasteiger partial charge in [0.15, 0.2) is 0 Å². The van der Waals surface area contributed by atoms with E-state index in [1.807, 2.05) is 30.3 Å². The molecule has 2 aromatic carbocycles. The molecule has 4 rings (SSSR count). The molecule has 2 aliphatic rings. The molecule has 3 atom stereocenters. The second kappa shape index (κ2) is 7.03. The largest absolute Gasteiger partial charge is 0.339 e. The minimum absolute atomic E-state index is 0.0794. The number of amides is 1. The molecule has 2 heterocycles. The highest BCUT2D eigenvalue weighted by Gasteiger charge is 2.36. The average Bonchev–Trinajstić information content (AvgIpc) is 3.20. The van der Waals surface area contributed by atoms with Gasteiger partial charge in [-0.05, 0) is 24.6 Å². The molecule has 0 spiro atoms. The summed E-state index contributed by atoms with van der Waals surface area (Å²) in [5.74, 6) is 0.125. The number of carbonyl (C=O) groups is 1. The third-order valence-electron chi connectivity index (χ3n) is 5.25. The molecule has 0 bridgehead atoms. The van der Waals surface area contributed by atoms with Crippen LogP contribution in [-0.2, 0) is 14.8 Å². The first-order chi connectivity index (χ1) is 13.4. The standard InChI is InChI=1S/C20H22N4O3S/c1-13(22-19-15-9-5-6-10-18(15)28(26,27)23-19)20(25)24-11-16(17(21)12-24)14-7-3-2-4-8-14/h2-10,13,16-17H,11-12,21H2,1H3,(H,22,23)/t13?,16-,17+/m0/s1. The Kier molecular flexibility index (Phi) is 4.68. The molecular formula is C20H22N4O3S. The van der Waals surface area contributed by atoms with Crippen molar-refractivity contribution in [3.63, 3.8) is 0 Å². The van der Waals surface area contributed by atoms with E-state index in [1.165, 1.54) is 6.07 Å². The van der Waals surface area contributed by atoms with E-state index in [2.05, 4.69) is 9.71 Å². The van der Waals surface area contributed by atoms with Crippen LogP contribution in [0.4, 0.5) is 0 Å². The smallest absolute Gasteiger partial charge is 0.263 e. The lowest BCUT2D eigenvalue weighted by molar-refractivity contribution is -0.131. The van der Waals surface area contributed by atoms with Crippen LogP contribution in [0, 0.1) is 0 Å². The van der Waals surface area contributed by atoms with Crippen LogP contribution in [0.5, 0.6) is 0 Å². The molecule has 1 amide bonds. The number of likely N-dealkylation sites (tertiary alicyclic amines) is 1. The second-order valence-corrected chi connectivity index (χ2v) is 8.83. The summed E-state index contributed by atoms with van der Waals surface area (Å²) in [6, 6.07) is 15.7. The van der Waals surface area contributed by atoms with Crippen LogP contribution in [0.15, 0.2) is 64.5 Å². The highest BCUT2D eigenvalue weighted by atomic mass is 32.2. The van der Waals surface area contributed by atoms with E-state index in [4.69, 9.17) is 5.73 Å². The normalized spacial score (nSPS) is 25.4. The number of fused-ring (bicyclic) bond motifs is 1. The molecule has 28 heavy (non-hydrogen) atoms. The molecule has 0 aromatic heterocycles. The number of rotatable bonds is 3. The first-order valence-corrected chi connectivity index (χ1v) is 10.6. The maximum atomic E-state index is 12.9. The van der Waals surface area contributed by atoms with E-state index in [0.717, 1.165) is 5.56 Å². The van der Waals surface area contributed by atoms with E-state index in [1.54, 1.807) is 30.0 Å². The van der Waals surface area contributed by atoms with E-state index < -0.39 is 16.1 Å². The predicted molar refractivity (Wildman–Crippen MR) is 107 cm³/mol. The molecule has 0 radical (unpaired) electrons. The van der Waals surface area contributed by atoms with Gasteiger partial charge in [0, 0.05) is 30.6 Å². The van der Waals surface area contributed by atoms with Crippen molar-refractivity contribution < 1.29 is 13.2 Å². The summed E-state index contributed by atoms with van der Waals surface area (Å²) in [6.45, 7) is 2.66. The predicted octanol–water partition coefficient (Wildman–Crippen LogP) is 1.07. The summed E-state index contributed by atoms with van der Waals surface area (Å²) in [4.78, 5) is 19.2. The molecule has 8 heteroatoms. The molecule has 0 saturated carbocycles. The van der Waals surface area contributed by atoms with Crippen molar-refractivity contribution in [2.75, 3.05) is 13.1 Å². The molecule has 3 N–H and O–H groups in total. The van der Waals surface area contributed by atoms with Gasteiger partial charge in [-0.3, -0.25) is 14.5 Å². The Labute approximate surface area is 164 Å². The van der Waals surface area contributed by atoms with E-state index in [0.29, 0.717) is 18.7 Å². The summed E-state index contributed by atoms with van der Waals surface area (Å²) >= 11 is 0. The molecular weight excluding hydrogens is 376 g/mol. The number of nitrogens with two attached hydrogens (primary N) is 1. The van der Waals surface area contributed by atoms with E-state index >= 15 is 0 Å². The van der Waals surface area contributed by atoms with Gasteiger partial charge in [0.1, 0.15) is 11.9 Å². The summed E-state index contributed by atoms with van der Waals surface area (Å²) in [5, 5.41) is 0. The molecule has 1 fully saturated rings. The number of amidine groups is 1. The maximum Gasteiger partial charge on any atom is 0.263 e. The van der Waals surface area contributed by atoms with E-state index in [9.17, 15) is 13.2 Å². The summed E-state index contributed by atoms with van der Waals surface area (Å²) in [7, 11) is -3.62. The van der Waals surface area contributed by atoms with Crippen LogP contribution < -0.4 is 10.5 Å². The van der Waals surface area contributed by atoms with Crippen LogP contribution in [-0.4, -0.2) is 50.2 Å². The van der Waals surface area contributed by atoms with Gasteiger partial charge in [0.25, 0.3) is 10.0 Å². The van der Waals surface area contributed by atoms with Gasteiger partial charge in [-0.15, -0.1) is 0 Å². The van der Waals surface area contributed by atoms with Crippen LogP contribution >= 0.6 is 0 Å². The first kappa shape index (κ1) is 18.6. The van der Waals surface area contributed by atoms with Crippen molar-refractivity contribution >= 4 is 21.8 Å². The number of sulfonamides is 1. The second-order valence-electron chi connectivity index (χ2n) is 7.18. The number of nitrogens with one attached hydrogen (secondary N) is 1. The number of aliphatic imine (C=N–C) groups is 1. The molecule has 2 aromatic rings. The number of benzene rings is 2. The summed E-state index contributed by atoms with van der Waals surface area (Å²) in [5.41, 5.74) is 7.88. The van der Waals surface area contributed by atoms with Gasteiger partial charge in [-0.1, -0.05) is 42.5 Å². The maximum absolute atomic E-state index is 12.9. The van der Waals surface area contributed by atoms with Crippen molar-refractivity contribution in [2.45, 2.75) is 29.8 Å². The summed E-state index contributed by atoms with van der Waals surface area (Å²) < 4.78 is 26.9. The third kappa shape index (κ3) is 3.29. The quantitative estimate of drug-likeness (QED) is 0.807. The Bertz CT molecular complexity index is 1040. The van der Waals surface area contributed by atoms with Gasteiger partial charge >= 0.3 is 0 Å². The Hall–Kier alpha value is -2.71. The Morgan fingerprint density at radius 3 is 2.57 bits per heavy atom. The van der Waals surface area contributed by atoms with Crippen molar-refractivity contribution in [2.24, 2.45) is 10.7 Å². The minimum atomic E-state index is -3.62. The Morgan fingerprint density at radius 1 is 1.14 bits per heavy atom. The van der Waals surface area contributed by atoms with E-state index in [-0.39, 0.29) is 28.6 Å². The zero-order valence-corrected chi connectivity index (χ0v) is 16.3. The van der Waals surface area contributed by atoms with Crippen LogP contribution in [0.3, 0.4) is 0 Å². The zero-order valence-electron chi connectivity index (χ0n) is 15.4. The third-order valence-corrected chi connectivity index (χ3v) is 6.64. The highest BCUT2D eigenvalue weighted by Crippen LogP contribution is 2.27. The van der Waals surface area contributed by atoms with Crippen LogP contribution in [0.1, 0.15) is 24.0 Å². The number of carbonyl (C=O) groups excluding carboxylic acids is 1. The highest BCUT2D eigenvalue weighted by molar-refractivity contribution is 7.90. The van der Waals surface area contributed by atoms with Gasteiger partial charge in [-0.25, -0.2) is 8.42 Å². The molecule has 2 aliphatic heterocycles. The van der Waals surface area contributed by atoms with Gasteiger partial charge < -0.3 is 10.6 Å². The number of hydrogen-bond donors (Lipinski definition) is 2. The molecule has 0 aliphatic carbocycles. The Balaban J connectivity index is 1.53. The number of hydrogen-bond acceptors (Lipinski definition) is 5. The fourth-order valence-electron chi connectivity index (χ4n) is 3.80. The fourth-order valence-corrected chi connectivity index (χ4v) is 5.04. The SMILES string of the molecule is CC(N=C1NS(=O)(=O)c2ccccc21)C(=O)N1C[C@@H](N)[C@H](c2ccccc2)C1. The molecule has 146 valence electrons. The average molecular weight is 398 g/mol. The molecule has 1 unspecified atom stereocenters. The lowest BCUT2D eigenvalue weighted by atomic mass is 9.95. The monoisotopic (exact) mass is 398 g/mol. The van der Waals surface area contributed by atoms with Crippen molar-refractivity contribution in [1.82, 2.24) is 9.62 Å². The van der Waals surface area contributed by atoms with Gasteiger partial charge in [0.2, 0.25) is 5.91 Å². The minimum Gasteiger partial charge on any atom is -0.339 e. The van der Waals surface area contributed by atoms with Crippen molar-refractivity contribution in [3.05, 3.63) is 65.7 Å². The first-order valence-electron chi connectivity index (χ1n) is 9.16. The van der Waals surface area contributed by atoms with Crippen molar-refractivity contribution in [1.29, 1.82) is 0 Å². The van der Waals surface area contributed by atoms with Crippen LogP contribution in [0.2, 0.25) is 0 Å². The molecule has 7 nitrogen and oxygen atoms in total. The molecule has 1 saturated heterocycles. The van der Waals surface area contributed by atoms with Crippen LogP contribution in [0.25, 0.3) is 0 Å². The lowest BCUT2D eigenvalue weighted by Crippen LogP contribution is -2.38. The van der Waals surface area contributed by atoms with Crippen molar-refractivity contribution in [3.8, 4) is 0 Å². The van der Waals surface area contributed by atoms with Gasteiger partial charge in [0.05, 0.1) is 4.90 Å². The topological polar surface area (TPSA) is 105 Å². The number of nitrogens with zero attached hydrogens (tertiary/aromatic N) is 2. The fraction of sp³-hybridized carbons (Fsp3) is 0.300. The van der Waals surface area contributed by atoms with Gasteiger partial charge in [-0.2, -0.15) is 0 Å².